The van der Waals surface area contributed by atoms with E-state index >= 15 is 0 Å². The van der Waals surface area contributed by atoms with Crippen LogP contribution >= 0.6 is 0 Å². The highest BCUT2D eigenvalue weighted by Gasteiger charge is 2.28. The van der Waals surface area contributed by atoms with Crippen LogP contribution in [-0.4, -0.2) is 19.5 Å². The number of hydrogen-bond acceptors (Lipinski definition) is 2. The molecule has 1 aliphatic rings. The summed E-state index contributed by atoms with van der Waals surface area (Å²) in [6, 6.07) is 7.82. The molecule has 2 rings (SSSR count). The molecule has 0 saturated carbocycles. The number of nitrogens with zero attached hydrogens (tertiary/aromatic N) is 1. The van der Waals surface area contributed by atoms with Gasteiger partial charge in [0.1, 0.15) is 0 Å². The van der Waals surface area contributed by atoms with E-state index in [4.69, 9.17) is 4.74 Å². The van der Waals surface area contributed by atoms with Crippen molar-refractivity contribution in [1.29, 1.82) is 0 Å². The van der Waals surface area contributed by atoms with E-state index in [1.165, 1.54) is 0 Å². The Balaban J connectivity index is 2.37. The largest absolute Gasteiger partial charge is 0.450 e. The van der Waals surface area contributed by atoms with Crippen LogP contribution in [0.5, 0.6) is 0 Å². The van der Waals surface area contributed by atoms with Crippen LogP contribution in [0.3, 0.4) is 0 Å². The zero-order chi connectivity index (χ0) is 11.5. The minimum atomic E-state index is -0.285. The van der Waals surface area contributed by atoms with Crippen LogP contribution in [0.15, 0.2) is 30.2 Å². The van der Waals surface area contributed by atoms with Gasteiger partial charge >= 0.3 is 6.09 Å². The Morgan fingerprint density at radius 3 is 2.94 bits per heavy atom. The lowest BCUT2D eigenvalue weighted by atomic mass is 9.60. The molecule has 0 aliphatic carbocycles. The Morgan fingerprint density at radius 2 is 2.19 bits per heavy atom. The summed E-state index contributed by atoms with van der Waals surface area (Å²) in [5.41, 5.74) is 1.96. The molecule has 0 radical (unpaired) electrons. The number of fused-ring (bicyclic) bond motifs is 1. The minimum Gasteiger partial charge on any atom is -0.450 e. The van der Waals surface area contributed by atoms with E-state index in [2.05, 4.69) is 0 Å². The fourth-order valence-corrected chi connectivity index (χ4v) is 1.85. The van der Waals surface area contributed by atoms with E-state index in [-0.39, 0.29) is 12.9 Å². The maximum Gasteiger partial charge on any atom is 0.402 e. The molecule has 0 N–H and O–H groups in total. The minimum absolute atomic E-state index is 0.0361. The second kappa shape index (κ2) is 4.43. The average Bonchev–Trinajstić information content (AvgIpc) is 2.29. The van der Waals surface area contributed by atoms with Crippen molar-refractivity contribution in [2.45, 2.75) is 13.7 Å². The third-order valence-electron chi connectivity index (χ3n) is 2.62. The highest BCUT2D eigenvalue weighted by atomic mass is 16.5. The number of carbonyl (C=O) groups excluding carboxylic acids is 1. The molecule has 3 nitrogen and oxygen atoms in total. The molecule has 1 heterocycles. The molecule has 1 aromatic rings. The predicted molar refractivity (Wildman–Crippen MR) is 66.6 cm³/mol. The summed E-state index contributed by atoms with van der Waals surface area (Å²) in [6.45, 7) is 4.22. The highest BCUT2D eigenvalue weighted by molar-refractivity contribution is 6.72. The number of ether oxygens (including phenoxy) is 1. The number of para-hydroxylation sites is 1. The molecular weight excluding hydrogens is 201 g/mol. The standard InChI is InChI=1S/C12H14BNO2/c1-3-16-12(15)14-11-7-5-4-6-10(11)8-9-13(14)2/h4-9H,3H2,1-2H3. The van der Waals surface area contributed by atoms with E-state index < -0.39 is 0 Å². The third kappa shape index (κ3) is 1.83. The predicted octanol–water partition coefficient (Wildman–Crippen LogP) is 2.84. The van der Waals surface area contributed by atoms with Crippen LogP contribution in [0.1, 0.15) is 12.5 Å². The first-order chi connectivity index (χ1) is 7.74. The summed E-state index contributed by atoms with van der Waals surface area (Å²) < 4.78 is 5.06. The maximum atomic E-state index is 11.8. The van der Waals surface area contributed by atoms with Gasteiger partial charge < -0.3 is 9.55 Å². The van der Waals surface area contributed by atoms with Gasteiger partial charge in [-0.25, -0.2) is 4.79 Å². The van der Waals surface area contributed by atoms with Crippen LogP contribution in [0, 0.1) is 0 Å². The van der Waals surface area contributed by atoms with Crippen molar-refractivity contribution in [3.8, 4) is 0 Å². The van der Waals surface area contributed by atoms with Gasteiger partial charge in [-0.1, -0.05) is 37.1 Å². The topological polar surface area (TPSA) is 29.5 Å². The summed E-state index contributed by atoms with van der Waals surface area (Å²) in [7, 11) is 0. The molecule has 82 valence electrons. The number of carbonyl (C=O) groups is 1. The number of rotatable bonds is 1. The van der Waals surface area contributed by atoms with E-state index in [0.29, 0.717) is 6.61 Å². The lowest BCUT2D eigenvalue weighted by Crippen LogP contribution is -2.43. The van der Waals surface area contributed by atoms with Crippen LogP contribution in [0.25, 0.3) is 6.08 Å². The molecule has 0 unspecified atom stereocenters. The molecule has 4 heteroatoms. The van der Waals surface area contributed by atoms with Crippen LogP contribution in [0.4, 0.5) is 10.5 Å². The highest BCUT2D eigenvalue weighted by Crippen LogP contribution is 2.27. The van der Waals surface area contributed by atoms with Crippen molar-refractivity contribution < 1.29 is 9.53 Å². The van der Waals surface area contributed by atoms with Crippen molar-refractivity contribution in [3.63, 3.8) is 0 Å². The van der Waals surface area contributed by atoms with Gasteiger partial charge in [-0.2, -0.15) is 0 Å². The monoisotopic (exact) mass is 215 g/mol. The molecule has 16 heavy (non-hydrogen) atoms. The second-order valence-corrected chi connectivity index (χ2v) is 3.73. The molecule has 0 bridgehead atoms. The van der Waals surface area contributed by atoms with Gasteiger partial charge in [0.25, 0.3) is 6.85 Å². The van der Waals surface area contributed by atoms with Crippen molar-refractivity contribution in [1.82, 2.24) is 0 Å². The van der Waals surface area contributed by atoms with Crippen LogP contribution < -0.4 is 4.81 Å². The zero-order valence-corrected chi connectivity index (χ0v) is 9.51. The van der Waals surface area contributed by atoms with E-state index in [9.17, 15) is 4.79 Å². The summed E-state index contributed by atoms with van der Waals surface area (Å²) >= 11 is 0. The van der Waals surface area contributed by atoms with Crippen LogP contribution in [0.2, 0.25) is 6.82 Å². The van der Waals surface area contributed by atoms with Crippen molar-refractivity contribution in [2.24, 2.45) is 0 Å². The van der Waals surface area contributed by atoms with Crippen molar-refractivity contribution >= 4 is 24.7 Å². The summed E-state index contributed by atoms with van der Waals surface area (Å²) in [5.74, 6) is 2.00. The Morgan fingerprint density at radius 1 is 1.44 bits per heavy atom. The Labute approximate surface area is 95.8 Å². The second-order valence-electron chi connectivity index (χ2n) is 3.73. The quantitative estimate of drug-likeness (QED) is 0.674. The molecule has 0 saturated heterocycles. The smallest absolute Gasteiger partial charge is 0.402 e. The fourth-order valence-electron chi connectivity index (χ4n) is 1.85. The van der Waals surface area contributed by atoms with E-state index in [0.717, 1.165) is 11.3 Å². The number of benzene rings is 1. The number of hydrogen-bond donors (Lipinski definition) is 0. The lowest BCUT2D eigenvalue weighted by Gasteiger charge is -2.29. The first kappa shape index (κ1) is 10.8. The summed E-state index contributed by atoms with van der Waals surface area (Å²) in [4.78, 5) is 13.5. The van der Waals surface area contributed by atoms with Gasteiger partial charge in [0.05, 0.1) is 6.61 Å². The average molecular weight is 215 g/mol. The van der Waals surface area contributed by atoms with Gasteiger partial charge in [0.15, 0.2) is 0 Å². The van der Waals surface area contributed by atoms with Crippen molar-refractivity contribution in [2.75, 3.05) is 11.4 Å². The molecule has 0 fully saturated rings. The van der Waals surface area contributed by atoms with Gasteiger partial charge in [-0.05, 0) is 18.6 Å². The first-order valence-electron chi connectivity index (χ1n) is 5.47. The van der Waals surface area contributed by atoms with Gasteiger partial charge in [-0.15, -0.1) is 0 Å². The molecular formula is C12H14BNO2. The molecule has 1 amide bonds. The van der Waals surface area contributed by atoms with E-state index in [1.807, 2.05) is 50.1 Å². The molecule has 1 aromatic carbocycles. The van der Waals surface area contributed by atoms with E-state index in [1.54, 1.807) is 4.81 Å². The summed E-state index contributed by atoms with van der Waals surface area (Å²) in [5, 5.41) is 0. The number of amides is 1. The van der Waals surface area contributed by atoms with Gasteiger partial charge in [0, 0.05) is 5.69 Å². The van der Waals surface area contributed by atoms with Crippen LogP contribution in [-0.2, 0) is 4.74 Å². The third-order valence-corrected chi connectivity index (χ3v) is 2.62. The number of anilines is 1. The van der Waals surface area contributed by atoms with Gasteiger partial charge in [0.2, 0.25) is 0 Å². The molecule has 0 spiro atoms. The zero-order valence-electron chi connectivity index (χ0n) is 9.51. The van der Waals surface area contributed by atoms with Crippen molar-refractivity contribution in [3.05, 3.63) is 35.8 Å². The SMILES string of the molecule is CCOC(=O)N1B(C)C=Cc2ccccc21. The molecule has 1 aliphatic heterocycles. The normalized spacial score (nSPS) is 13.6. The summed E-state index contributed by atoms with van der Waals surface area (Å²) in [6.07, 6.45) is 1.75. The molecule has 0 aromatic heterocycles. The lowest BCUT2D eigenvalue weighted by molar-refractivity contribution is 0.164. The maximum absolute atomic E-state index is 11.8. The Bertz CT molecular complexity index is 431. The van der Waals surface area contributed by atoms with Gasteiger partial charge in [-0.3, -0.25) is 0 Å². The first-order valence-corrected chi connectivity index (χ1v) is 5.47. The Kier molecular flexibility index (Phi) is 2.99. The molecule has 0 atom stereocenters. The Hall–Kier alpha value is -1.71. The fraction of sp³-hybridized carbons (Fsp3) is 0.250.